The van der Waals surface area contributed by atoms with Gasteiger partial charge in [-0.1, -0.05) is 10.3 Å². The van der Waals surface area contributed by atoms with Crippen molar-refractivity contribution in [2.75, 3.05) is 0 Å². The summed E-state index contributed by atoms with van der Waals surface area (Å²) in [5, 5.41) is 27.8. The van der Waals surface area contributed by atoms with E-state index in [1.54, 1.807) is 6.92 Å². The molecule has 12 heteroatoms. The van der Waals surface area contributed by atoms with E-state index in [4.69, 9.17) is 4.52 Å². The van der Waals surface area contributed by atoms with E-state index in [0.717, 1.165) is 0 Å². The second kappa shape index (κ2) is 3.94. The fourth-order valence-corrected chi connectivity index (χ4v) is 1.29. The van der Waals surface area contributed by atoms with E-state index in [1.165, 1.54) is 0 Å². The molecule has 0 amide bonds. The standard InChI is InChI=1S/C7H3N7O5/c1-2-3(10-18-9-2)7-8-5(12-17-7)4-6(14(15)16)13-19-11-4/h1H3. The maximum Gasteiger partial charge on any atom is 0.446 e. The van der Waals surface area contributed by atoms with Gasteiger partial charge in [-0.05, 0) is 22.2 Å². The molecule has 3 rings (SSSR count). The molecule has 0 unspecified atom stereocenters. The van der Waals surface area contributed by atoms with Crippen molar-refractivity contribution in [3.63, 3.8) is 0 Å². The molecule has 3 aromatic rings. The summed E-state index contributed by atoms with van der Waals surface area (Å²) in [5.41, 5.74) is 0.426. The van der Waals surface area contributed by atoms with E-state index < -0.39 is 10.7 Å². The van der Waals surface area contributed by atoms with Gasteiger partial charge in [0.05, 0.1) is 0 Å². The van der Waals surface area contributed by atoms with Crippen molar-refractivity contribution in [1.82, 2.24) is 30.8 Å². The molecule has 0 aliphatic heterocycles. The Kier molecular flexibility index (Phi) is 2.27. The molecular weight excluding hydrogens is 262 g/mol. The second-order valence-electron chi connectivity index (χ2n) is 3.31. The molecule has 0 atom stereocenters. The average molecular weight is 265 g/mol. The van der Waals surface area contributed by atoms with E-state index in [-0.39, 0.29) is 23.1 Å². The molecule has 0 aliphatic rings. The molecule has 0 bridgehead atoms. The minimum atomic E-state index is -0.773. The summed E-state index contributed by atoms with van der Waals surface area (Å²) in [5.74, 6) is -0.765. The Morgan fingerprint density at radius 2 is 1.79 bits per heavy atom. The minimum absolute atomic E-state index is 0.00829. The molecule has 0 fully saturated rings. The highest BCUT2D eigenvalue weighted by Crippen LogP contribution is 2.26. The van der Waals surface area contributed by atoms with E-state index in [0.29, 0.717) is 5.69 Å². The van der Waals surface area contributed by atoms with Crippen LogP contribution in [0.2, 0.25) is 0 Å². The SMILES string of the molecule is Cc1nonc1-c1nc(-c2nonc2[N+](=O)[O-])no1. The summed E-state index contributed by atoms with van der Waals surface area (Å²) >= 11 is 0. The molecule has 3 heterocycles. The zero-order chi connectivity index (χ0) is 13.4. The van der Waals surface area contributed by atoms with Crippen LogP contribution in [0.15, 0.2) is 13.8 Å². The smallest absolute Gasteiger partial charge is 0.358 e. The number of aromatic nitrogens is 6. The summed E-state index contributed by atoms with van der Waals surface area (Å²) < 4.78 is 13.6. The van der Waals surface area contributed by atoms with E-state index in [1.807, 2.05) is 0 Å². The van der Waals surface area contributed by atoms with Gasteiger partial charge in [-0.15, -0.1) is 4.63 Å². The van der Waals surface area contributed by atoms with Crippen LogP contribution in [0.25, 0.3) is 23.1 Å². The first kappa shape index (κ1) is 10.9. The summed E-state index contributed by atoms with van der Waals surface area (Å²) in [7, 11) is 0. The Morgan fingerprint density at radius 3 is 2.47 bits per heavy atom. The van der Waals surface area contributed by atoms with Crippen LogP contribution in [-0.2, 0) is 0 Å². The highest BCUT2D eigenvalue weighted by molar-refractivity contribution is 5.60. The maximum absolute atomic E-state index is 10.7. The number of hydrogen-bond donors (Lipinski definition) is 0. The predicted octanol–water partition coefficient (Wildman–Crippen LogP) is 0.386. The van der Waals surface area contributed by atoms with Crippen LogP contribution in [0.5, 0.6) is 0 Å². The van der Waals surface area contributed by atoms with Crippen molar-refractivity contribution < 1.29 is 18.7 Å². The highest BCUT2D eigenvalue weighted by Gasteiger charge is 2.29. The summed E-state index contributed by atoms with van der Waals surface area (Å²) in [6.07, 6.45) is 0. The normalized spacial score (nSPS) is 10.8. The molecule has 0 spiro atoms. The maximum atomic E-state index is 10.7. The Labute approximate surface area is 102 Å². The molecule has 96 valence electrons. The predicted molar refractivity (Wildman–Crippen MR) is 52.3 cm³/mol. The van der Waals surface area contributed by atoms with Gasteiger partial charge < -0.3 is 14.6 Å². The first-order chi connectivity index (χ1) is 9.16. The van der Waals surface area contributed by atoms with E-state index in [2.05, 4.69) is 40.0 Å². The molecule has 0 aliphatic carbocycles. The Morgan fingerprint density at radius 1 is 1.05 bits per heavy atom. The van der Waals surface area contributed by atoms with Gasteiger partial charge in [-0.3, -0.25) is 0 Å². The molecule has 0 radical (unpaired) electrons. The first-order valence-corrected chi connectivity index (χ1v) is 4.77. The van der Waals surface area contributed by atoms with Crippen LogP contribution >= 0.6 is 0 Å². The lowest BCUT2D eigenvalue weighted by molar-refractivity contribution is -0.390. The zero-order valence-electron chi connectivity index (χ0n) is 9.17. The first-order valence-electron chi connectivity index (χ1n) is 4.77. The number of nitro groups is 1. The fourth-order valence-electron chi connectivity index (χ4n) is 1.29. The zero-order valence-corrected chi connectivity index (χ0v) is 9.17. The third-order valence-electron chi connectivity index (χ3n) is 2.14. The van der Waals surface area contributed by atoms with Gasteiger partial charge in [0.25, 0.3) is 11.6 Å². The largest absolute Gasteiger partial charge is 0.446 e. The highest BCUT2D eigenvalue weighted by atomic mass is 16.6. The Hall–Kier alpha value is -3.18. The van der Waals surface area contributed by atoms with Crippen LogP contribution in [0, 0.1) is 17.0 Å². The van der Waals surface area contributed by atoms with Gasteiger partial charge in [0.2, 0.25) is 5.82 Å². The van der Waals surface area contributed by atoms with Gasteiger partial charge >= 0.3 is 5.82 Å². The van der Waals surface area contributed by atoms with Crippen molar-refractivity contribution in [3.05, 3.63) is 15.8 Å². The molecule has 0 N–H and O–H groups in total. The average Bonchev–Trinajstić information content (AvgIpc) is 3.06. The van der Waals surface area contributed by atoms with Crippen molar-refractivity contribution in [3.8, 4) is 23.1 Å². The molecule has 0 saturated carbocycles. The lowest BCUT2D eigenvalue weighted by Gasteiger charge is -1.86. The van der Waals surface area contributed by atoms with Gasteiger partial charge in [0.15, 0.2) is 10.9 Å². The van der Waals surface area contributed by atoms with Crippen LogP contribution in [0.4, 0.5) is 5.82 Å². The van der Waals surface area contributed by atoms with Gasteiger partial charge in [0.1, 0.15) is 5.69 Å². The van der Waals surface area contributed by atoms with Crippen molar-refractivity contribution in [1.29, 1.82) is 0 Å². The molecule has 19 heavy (non-hydrogen) atoms. The topological polar surface area (TPSA) is 160 Å². The summed E-state index contributed by atoms with van der Waals surface area (Å²) in [6.45, 7) is 1.62. The summed E-state index contributed by atoms with van der Waals surface area (Å²) in [4.78, 5) is 13.8. The fraction of sp³-hybridized carbons (Fsp3) is 0.143. The molecule has 3 aromatic heterocycles. The quantitative estimate of drug-likeness (QED) is 0.475. The van der Waals surface area contributed by atoms with Crippen LogP contribution < -0.4 is 0 Å². The van der Waals surface area contributed by atoms with Gasteiger partial charge in [-0.2, -0.15) is 4.98 Å². The Balaban J connectivity index is 2.04. The van der Waals surface area contributed by atoms with Crippen LogP contribution in [-0.4, -0.2) is 35.7 Å². The van der Waals surface area contributed by atoms with Crippen molar-refractivity contribution in [2.24, 2.45) is 0 Å². The monoisotopic (exact) mass is 265 g/mol. The van der Waals surface area contributed by atoms with E-state index in [9.17, 15) is 10.1 Å². The molecule has 0 saturated heterocycles. The van der Waals surface area contributed by atoms with Crippen molar-refractivity contribution >= 4 is 5.82 Å². The van der Waals surface area contributed by atoms with Gasteiger partial charge in [-0.25, -0.2) is 4.63 Å². The van der Waals surface area contributed by atoms with E-state index >= 15 is 0 Å². The molecule has 0 aromatic carbocycles. The lowest BCUT2D eigenvalue weighted by atomic mass is 10.3. The lowest BCUT2D eigenvalue weighted by Crippen LogP contribution is -1.92. The molecule has 12 nitrogen and oxygen atoms in total. The number of nitrogens with zero attached hydrogens (tertiary/aromatic N) is 7. The molecular formula is C7H3N7O5. The summed E-state index contributed by atoms with van der Waals surface area (Å²) in [6, 6.07) is 0. The van der Waals surface area contributed by atoms with Crippen molar-refractivity contribution in [2.45, 2.75) is 6.92 Å². The number of aryl methyl sites for hydroxylation is 1. The number of hydrogen-bond acceptors (Lipinski definition) is 11. The third-order valence-corrected chi connectivity index (χ3v) is 2.14. The third kappa shape index (κ3) is 1.70. The Bertz CT molecular complexity index is 742. The number of rotatable bonds is 3. The minimum Gasteiger partial charge on any atom is -0.358 e. The second-order valence-corrected chi connectivity index (χ2v) is 3.31. The van der Waals surface area contributed by atoms with Crippen LogP contribution in [0.3, 0.4) is 0 Å². The van der Waals surface area contributed by atoms with Crippen LogP contribution in [0.1, 0.15) is 5.69 Å². The van der Waals surface area contributed by atoms with Gasteiger partial charge in [0, 0.05) is 0 Å².